The van der Waals surface area contributed by atoms with Gasteiger partial charge in [0, 0.05) is 6.04 Å². The van der Waals surface area contributed by atoms with E-state index in [2.05, 4.69) is 50.4 Å². The Morgan fingerprint density at radius 1 is 1.32 bits per heavy atom. The Labute approximate surface area is 117 Å². The van der Waals surface area contributed by atoms with Gasteiger partial charge >= 0.3 is 0 Å². The van der Waals surface area contributed by atoms with Gasteiger partial charge in [0.2, 0.25) is 0 Å². The van der Waals surface area contributed by atoms with Crippen LogP contribution >= 0.6 is 0 Å². The first-order valence-electron chi connectivity index (χ1n) is 7.53. The summed E-state index contributed by atoms with van der Waals surface area (Å²) in [5.74, 6) is 1.66. The minimum absolute atomic E-state index is 0.351. The standard InChI is InChI=1S/C17H27NO/c1-5-11-18-16-12-14(17(16,3)6-2)13-9-7-8-10-15(13)19-4/h7-10,14,16,18H,5-6,11-12H2,1-4H3. The Balaban J connectivity index is 2.18. The lowest BCUT2D eigenvalue weighted by Crippen LogP contribution is -2.56. The molecule has 1 aliphatic rings. The molecule has 19 heavy (non-hydrogen) atoms. The molecular weight excluding hydrogens is 234 g/mol. The molecule has 0 aliphatic heterocycles. The highest BCUT2D eigenvalue weighted by molar-refractivity contribution is 5.40. The molecule has 0 saturated heterocycles. The Kier molecular flexibility index (Phi) is 4.51. The summed E-state index contributed by atoms with van der Waals surface area (Å²) in [4.78, 5) is 0. The molecule has 0 spiro atoms. The van der Waals surface area contributed by atoms with Crippen molar-refractivity contribution in [1.82, 2.24) is 5.32 Å². The van der Waals surface area contributed by atoms with Crippen molar-refractivity contribution in [3.05, 3.63) is 29.8 Å². The maximum atomic E-state index is 5.54. The quantitative estimate of drug-likeness (QED) is 0.836. The van der Waals surface area contributed by atoms with E-state index in [9.17, 15) is 0 Å². The number of methoxy groups -OCH3 is 1. The molecule has 3 atom stereocenters. The van der Waals surface area contributed by atoms with E-state index in [4.69, 9.17) is 4.74 Å². The van der Waals surface area contributed by atoms with E-state index in [1.807, 2.05) is 0 Å². The maximum absolute atomic E-state index is 5.54. The van der Waals surface area contributed by atoms with Gasteiger partial charge in [-0.1, -0.05) is 39.0 Å². The van der Waals surface area contributed by atoms with Gasteiger partial charge in [-0.3, -0.25) is 0 Å². The van der Waals surface area contributed by atoms with Gasteiger partial charge in [-0.15, -0.1) is 0 Å². The zero-order valence-electron chi connectivity index (χ0n) is 12.7. The van der Waals surface area contributed by atoms with Crippen LogP contribution in [0.2, 0.25) is 0 Å². The second-order valence-corrected chi connectivity index (χ2v) is 5.90. The van der Waals surface area contributed by atoms with Gasteiger partial charge in [-0.2, -0.15) is 0 Å². The minimum Gasteiger partial charge on any atom is -0.496 e. The van der Waals surface area contributed by atoms with Crippen LogP contribution in [0.3, 0.4) is 0 Å². The van der Waals surface area contributed by atoms with Crippen LogP contribution in [0.25, 0.3) is 0 Å². The summed E-state index contributed by atoms with van der Waals surface area (Å²) in [7, 11) is 1.77. The van der Waals surface area contributed by atoms with Crippen LogP contribution in [0.4, 0.5) is 0 Å². The largest absolute Gasteiger partial charge is 0.496 e. The average molecular weight is 261 g/mol. The van der Waals surface area contributed by atoms with Crippen molar-refractivity contribution in [2.45, 2.75) is 52.0 Å². The number of para-hydroxylation sites is 1. The van der Waals surface area contributed by atoms with Crippen LogP contribution in [0.1, 0.15) is 51.5 Å². The maximum Gasteiger partial charge on any atom is 0.122 e. The highest BCUT2D eigenvalue weighted by Crippen LogP contribution is 2.56. The van der Waals surface area contributed by atoms with E-state index in [1.165, 1.54) is 24.8 Å². The molecule has 2 nitrogen and oxygen atoms in total. The summed E-state index contributed by atoms with van der Waals surface area (Å²) in [5.41, 5.74) is 1.73. The Bertz CT molecular complexity index is 417. The number of benzene rings is 1. The van der Waals surface area contributed by atoms with Gasteiger partial charge < -0.3 is 10.1 Å². The summed E-state index contributed by atoms with van der Waals surface area (Å²) in [6.07, 6.45) is 3.64. The molecule has 1 aromatic carbocycles. The molecule has 0 aromatic heterocycles. The number of ether oxygens (including phenoxy) is 1. The first-order chi connectivity index (χ1) is 9.17. The predicted molar refractivity (Wildman–Crippen MR) is 80.8 cm³/mol. The van der Waals surface area contributed by atoms with Gasteiger partial charge in [-0.25, -0.2) is 0 Å². The second-order valence-electron chi connectivity index (χ2n) is 5.90. The molecule has 106 valence electrons. The van der Waals surface area contributed by atoms with Crippen molar-refractivity contribution in [3.63, 3.8) is 0 Å². The normalized spacial score (nSPS) is 29.9. The van der Waals surface area contributed by atoms with Crippen LogP contribution in [-0.4, -0.2) is 19.7 Å². The Morgan fingerprint density at radius 3 is 2.68 bits per heavy atom. The molecule has 1 fully saturated rings. The summed E-state index contributed by atoms with van der Waals surface area (Å²) in [6.45, 7) is 8.08. The fourth-order valence-corrected chi connectivity index (χ4v) is 3.42. The van der Waals surface area contributed by atoms with Gasteiger partial charge in [0.1, 0.15) is 5.75 Å². The van der Waals surface area contributed by atoms with Crippen LogP contribution in [-0.2, 0) is 0 Å². The van der Waals surface area contributed by atoms with E-state index in [1.54, 1.807) is 7.11 Å². The van der Waals surface area contributed by atoms with E-state index >= 15 is 0 Å². The van der Waals surface area contributed by atoms with Crippen LogP contribution in [0.5, 0.6) is 5.75 Å². The molecule has 2 heteroatoms. The molecule has 0 amide bonds. The zero-order chi connectivity index (χ0) is 13.9. The molecule has 0 heterocycles. The monoisotopic (exact) mass is 261 g/mol. The van der Waals surface area contributed by atoms with Gasteiger partial charge in [0.05, 0.1) is 7.11 Å². The van der Waals surface area contributed by atoms with Crippen molar-refractivity contribution in [2.75, 3.05) is 13.7 Å². The van der Waals surface area contributed by atoms with Crippen molar-refractivity contribution >= 4 is 0 Å². The minimum atomic E-state index is 0.351. The number of hydrogen-bond acceptors (Lipinski definition) is 2. The first kappa shape index (κ1) is 14.4. The van der Waals surface area contributed by atoms with Crippen molar-refractivity contribution < 1.29 is 4.74 Å². The molecule has 1 aromatic rings. The molecule has 1 aliphatic carbocycles. The summed E-state index contributed by atoms with van der Waals surface area (Å²) in [5, 5.41) is 3.71. The predicted octanol–water partition coefficient (Wildman–Crippen LogP) is 3.97. The molecule has 1 N–H and O–H groups in total. The lowest BCUT2D eigenvalue weighted by Gasteiger charge is -2.55. The Morgan fingerprint density at radius 2 is 2.05 bits per heavy atom. The average Bonchev–Trinajstić information content (AvgIpc) is 2.45. The lowest BCUT2D eigenvalue weighted by molar-refractivity contribution is 0.0431. The number of rotatable bonds is 6. The molecular formula is C17H27NO. The zero-order valence-corrected chi connectivity index (χ0v) is 12.7. The lowest BCUT2D eigenvalue weighted by atomic mass is 9.54. The fourth-order valence-electron chi connectivity index (χ4n) is 3.42. The SMILES string of the molecule is CCCNC1CC(c2ccccc2OC)C1(C)CC. The molecule has 2 rings (SSSR count). The van der Waals surface area contributed by atoms with Gasteiger partial charge in [0.25, 0.3) is 0 Å². The molecule has 0 radical (unpaired) electrons. The highest BCUT2D eigenvalue weighted by Gasteiger charge is 2.51. The van der Waals surface area contributed by atoms with Crippen molar-refractivity contribution in [1.29, 1.82) is 0 Å². The third-order valence-electron chi connectivity index (χ3n) is 4.98. The highest BCUT2D eigenvalue weighted by atomic mass is 16.5. The molecule has 3 unspecified atom stereocenters. The van der Waals surface area contributed by atoms with E-state index in [-0.39, 0.29) is 0 Å². The van der Waals surface area contributed by atoms with Crippen molar-refractivity contribution in [3.8, 4) is 5.75 Å². The van der Waals surface area contributed by atoms with Crippen LogP contribution in [0, 0.1) is 5.41 Å². The van der Waals surface area contributed by atoms with Gasteiger partial charge in [-0.05, 0) is 48.8 Å². The summed E-state index contributed by atoms with van der Waals surface area (Å²) < 4.78 is 5.54. The second kappa shape index (κ2) is 5.96. The van der Waals surface area contributed by atoms with Gasteiger partial charge in [0.15, 0.2) is 0 Å². The smallest absolute Gasteiger partial charge is 0.122 e. The van der Waals surface area contributed by atoms with Crippen molar-refractivity contribution in [2.24, 2.45) is 5.41 Å². The van der Waals surface area contributed by atoms with E-state index in [0.717, 1.165) is 12.3 Å². The molecule has 1 saturated carbocycles. The third kappa shape index (κ3) is 2.51. The molecule has 0 bridgehead atoms. The Hall–Kier alpha value is -1.02. The number of nitrogens with one attached hydrogen (secondary N) is 1. The number of hydrogen-bond donors (Lipinski definition) is 1. The summed E-state index contributed by atoms with van der Waals surface area (Å²) in [6, 6.07) is 9.14. The van der Waals surface area contributed by atoms with E-state index in [0.29, 0.717) is 17.4 Å². The topological polar surface area (TPSA) is 21.3 Å². The van der Waals surface area contributed by atoms with Crippen LogP contribution in [0.15, 0.2) is 24.3 Å². The fraction of sp³-hybridized carbons (Fsp3) is 0.647. The summed E-state index contributed by atoms with van der Waals surface area (Å²) >= 11 is 0. The first-order valence-corrected chi connectivity index (χ1v) is 7.53. The van der Waals surface area contributed by atoms with Crippen LogP contribution < -0.4 is 10.1 Å². The van der Waals surface area contributed by atoms with E-state index < -0.39 is 0 Å². The third-order valence-corrected chi connectivity index (χ3v) is 4.98.